The number of halogens is 1. The quantitative estimate of drug-likeness (QED) is 0.395. The second kappa shape index (κ2) is 11.6. The lowest BCUT2D eigenvalue weighted by Gasteiger charge is -2.25. The molecule has 1 atom stereocenters. The number of hydrogen-bond donors (Lipinski definition) is 2. The second-order valence-electron chi connectivity index (χ2n) is 5.83. The van der Waals surface area contributed by atoms with Gasteiger partial charge in [0.2, 0.25) is 0 Å². The van der Waals surface area contributed by atoms with Gasteiger partial charge in [-0.1, -0.05) is 20.8 Å². The SMILES string of the molecule is CCCNC(=NC[C@H]1CCCN1CC(C)C)NCC.I. The van der Waals surface area contributed by atoms with E-state index in [0.29, 0.717) is 6.04 Å². The van der Waals surface area contributed by atoms with E-state index < -0.39 is 0 Å². The topological polar surface area (TPSA) is 39.7 Å². The maximum Gasteiger partial charge on any atom is 0.191 e. The number of nitrogens with zero attached hydrogens (tertiary/aromatic N) is 2. The maximum absolute atomic E-state index is 4.74. The molecule has 0 spiro atoms. The molecular formula is C15H33IN4. The third-order valence-electron chi connectivity index (χ3n) is 3.45. The van der Waals surface area contributed by atoms with Crippen LogP contribution in [0.1, 0.15) is 47.0 Å². The Labute approximate surface area is 142 Å². The zero-order chi connectivity index (χ0) is 14.1. The molecule has 0 saturated carbocycles. The molecule has 1 saturated heterocycles. The van der Waals surface area contributed by atoms with Crippen molar-refractivity contribution in [2.75, 3.05) is 32.7 Å². The van der Waals surface area contributed by atoms with Crippen LogP contribution in [0.2, 0.25) is 0 Å². The number of aliphatic imine (C=N–C) groups is 1. The average Bonchev–Trinajstić information content (AvgIpc) is 2.79. The fourth-order valence-electron chi connectivity index (χ4n) is 2.59. The summed E-state index contributed by atoms with van der Waals surface area (Å²) in [6.07, 6.45) is 3.75. The van der Waals surface area contributed by atoms with E-state index in [1.807, 2.05) is 0 Å². The minimum Gasteiger partial charge on any atom is -0.357 e. The summed E-state index contributed by atoms with van der Waals surface area (Å²) in [5, 5.41) is 6.69. The first-order valence-corrected chi connectivity index (χ1v) is 7.93. The van der Waals surface area contributed by atoms with Crippen molar-refractivity contribution < 1.29 is 0 Å². The fraction of sp³-hybridized carbons (Fsp3) is 0.933. The molecule has 0 aliphatic carbocycles. The minimum absolute atomic E-state index is 0. The molecule has 0 aromatic heterocycles. The molecule has 0 amide bonds. The van der Waals surface area contributed by atoms with E-state index in [9.17, 15) is 0 Å². The van der Waals surface area contributed by atoms with Crippen LogP contribution in [0.3, 0.4) is 0 Å². The summed E-state index contributed by atoms with van der Waals surface area (Å²) in [6, 6.07) is 0.638. The summed E-state index contributed by atoms with van der Waals surface area (Å²) >= 11 is 0. The summed E-state index contributed by atoms with van der Waals surface area (Å²) in [7, 11) is 0. The maximum atomic E-state index is 4.74. The first-order chi connectivity index (χ1) is 9.17. The number of rotatable bonds is 7. The second-order valence-corrected chi connectivity index (χ2v) is 5.83. The van der Waals surface area contributed by atoms with Crippen LogP contribution in [-0.4, -0.2) is 49.6 Å². The van der Waals surface area contributed by atoms with Gasteiger partial charge < -0.3 is 10.6 Å². The van der Waals surface area contributed by atoms with E-state index in [4.69, 9.17) is 4.99 Å². The monoisotopic (exact) mass is 396 g/mol. The van der Waals surface area contributed by atoms with Gasteiger partial charge in [-0.15, -0.1) is 24.0 Å². The molecule has 0 bridgehead atoms. The largest absolute Gasteiger partial charge is 0.357 e. The summed E-state index contributed by atoms with van der Waals surface area (Å²) in [6.45, 7) is 14.2. The van der Waals surface area contributed by atoms with E-state index in [0.717, 1.165) is 37.9 Å². The van der Waals surface area contributed by atoms with Crippen LogP contribution < -0.4 is 10.6 Å². The van der Waals surface area contributed by atoms with E-state index in [1.165, 1.54) is 25.9 Å². The molecule has 5 heteroatoms. The Balaban J connectivity index is 0.00000361. The Kier molecular flexibility index (Phi) is 11.6. The highest BCUT2D eigenvalue weighted by molar-refractivity contribution is 14.0. The van der Waals surface area contributed by atoms with Crippen LogP contribution in [0.15, 0.2) is 4.99 Å². The predicted octanol–water partition coefficient (Wildman–Crippen LogP) is 2.69. The van der Waals surface area contributed by atoms with Crippen molar-refractivity contribution in [2.45, 2.75) is 53.0 Å². The third-order valence-corrected chi connectivity index (χ3v) is 3.45. The molecule has 1 aliphatic heterocycles. The van der Waals surface area contributed by atoms with Crippen LogP contribution in [0.25, 0.3) is 0 Å². The molecule has 1 heterocycles. The lowest BCUT2D eigenvalue weighted by Crippen LogP contribution is -2.40. The Hall–Kier alpha value is -0.0400. The molecule has 1 rings (SSSR count). The predicted molar refractivity (Wildman–Crippen MR) is 99.1 cm³/mol. The zero-order valence-corrected chi connectivity index (χ0v) is 15.9. The molecular weight excluding hydrogens is 363 g/mol. The highest BCUT2D eigenvalue weighted by Crippen LogP contribution is 2.18. The first kappa shape index (κ1) is 20.0. The zero-order valence-electron chi connectivity index (χ0n) is 13.6. The molecule has 0 aromatic carbocycles. The van der Waals surface area contributed by atoms with Crippen LogP contribution >= 0.6 is 24.0 Å². The molecule has 1 aliphatic rings. The van der Waals surface area contributed by atoms with Gasteiger partial charge in [0.15, 0.2) is 5.96 Å². The normalized spacial score (nSPS) is 20.1. The molecule has 0 aromatic rings. The highest BCUT2D eigenvalue weighted by atomic mass is 127. The Morgan fingerprint density at radius 2 is 2.05 bits per heavy atom. The smallest absolute Gasteiger partial charge is 0.191 e. The van der Waals surface area contributed by atoms with Gasteiger partial charge in [-0.25, -0.2) is 0 Å². The average molecular weight is 396 g/mol. The molecule has 2 N–H and O–H groups in total. The summed E-state index contributed by atoms with van der Waals surface area (Å²) < 4.78 is 0. The van der Waals surface area contributed by atoms with Crippen molar-refractivity contribution in [1.29, 1.82) is 0 Å². The van der Waals surface area contributed by atoms with E-state index in [2.05, 4.69) is 43.2 Å². The van der Waals surface area contributed by atoms with Crippen LogP contribution in [0, 0.1) is 5.92 Å². The van der Waals surface area contributed by atoms with Gasteiger partial charge in [0, 0.05) is 25.7 Å². The molecule has 4 nitrogen and oxygen atoms in total. The van der Waals surface area contributed by atoms with Crippen molar-refractivity contribution in [3.05, 3.63) is 0 Å². The highest BCUT2D eigenvalue weighted by Gasteiger charge is 2.24. The van der Waals surface area contributed by atoms with Crippen LogP contribution in [0.5, 0.6) is 0 Å². The Morgan fingerprint density at radius 1 is 1.30 bits per heavy atom. The Bertz CT molecular complexity index is 269. The van der Waals surface area contributed by atoms with E-state index in [-0.39, 0.29) is 24.0 Å². The van der Waals surface area contributed by atoms with Crippen molar-refractivity contribution in [2.24, 2.45) is 10.9 Å². The first-order valence-electron chi connectivity index (χ1n) is 7.93. The van der Waals surface area contributed by atoms with Gasteiger partial charge in [0.05, 0.1) is 6.54 Å². The van der Waals surface area contributed by atoms with Crippen molar-refractivity contribution in [3.63, 3.8) is 0 Å². The fourth-order valence-corrected chi connectivity index (χ4v) is 2.59. The van der Waals surface area contributed by atoms with Gasteiger partial charge in [0.25, 0.3) is 0 Å². The van der Waals surface area contributed by atoms with E-state index >= 15 is 0 Å². The molecule has 120 valence electrons. The van der Waals surface area contributed by atoms with E-state index in [1.54, 1.807) is 0 Å². The van der Waals surface area contributed by atoms with Crippen LogP contribution in [-0.2, 0) is 0 Å². The summed E-state index contributed by atoms with van der Waals surface area (Å²) in [5.41, 5.74) is 0. The Morgan fingerprint density at radius 3 is 2.65 bits per heavy atom. The molecule has 20 heavy (non-hydrogen) atoms. The molecule has 0 unspecified atom stereocenters. The van der Waals surface area contributed by atoms with Gasteiger partial charge in [-0.2, -0.15) is 0 Å². The molecule has 1 fully saturated rings. The number of hydrogen-bond acceptors (Lipinski definition) is 2. The molecule has 0 radical (unpaired) electrons. The summed E-state index contributed by atoms with van der Waals surface area (Å²) in [5.74, 6) is 1.72. The minimum atomic E-state index is 0. The third kappa shape index (κ3) is 7.67. The van der Waals surface area contributed by atoms with Crippen molar-refractivity contribution >= 4 is 29.9 Å². The van der Waals surface area contributed by atoms with Crippen molar-refractivity contribution in [3.8, 4) is 0 Å². The van der Waals surface area contributed by atoms with Gasteiger partial charge in [0.1, 0.15) is 0 Å². The van der Waals surface area contributed by atoms with Gasteiger partial charge in [-0.3, -0.25) is 9.89 Å². The number of nitrogens with one attached hydrogen (secondary N) is 2. The summed E-state index contributed by atoms with van der Waals surface area (Å²) in [4.78, 5) is 7.35. The standard InChI is InChI=1S/C15H32N4.HI/c1-5-9-17-15(16-6-2)18-11-14-8-7-10-19(14)12-13(3)4;/h13-14H,5-12H2,1-4H3,(H2,16,17,18);1H/t14-;/m1./s1. The van der Waals surface area contributed by atoms with Gasteiger partial charge >= 0.3 is 0 Å². The lowest BCUT2D eigenvalue weighted by molar-refractivity contribution is 0.231. The van der Waals surface area contributed by atoms with Crippen molar-refractivity contribution in [1.82, 2.24) is 15.5 Å². The lowest BCUT2D eigenvalue weighted by atomic mass is 10.2. The number of guanidine groups is 1. The van der Waals surface area contributed by atoms with Gasteiger partial charge in [-0.05, 0) is 38.6 Å². The number of likely N-dealkylation sites (tertiary alicyclic amines) is 1. The van der Waals surface area contributed by atoms with Crippen LogP contribution in [0.4, 0.5) is 0 Å².